The number of benzene rings is 1. The molecule has 0 spiro atoms. The largest absolute Gasteiger partial charge is 0.326 e. The van der Waals surface area contributed by atoms with Crippen molar-refractivity contribution in [3.63, 3.8) is 0 Å². The van der Waals surface area contributed by atoms with Gasteiger partial charge in [-0.15, -0.1) is 0 Å². The van der Waals surface area contributed by atoms with E-state index in [-0.39, 0.29) is 23.4 Å². The van der Waals surface area contributed by atoms with Crippen LogP contribution in [0.3, 0.4) is 0 Å². The van der Waals surface area contributed by atoms with Crippen LogP contribution in [0.5, 0.6) is 0 Å². The zero-order valence-electron chi connectivity index (χ0n) is 20.5. The summed E-state index contributed by atoms with van der Waals surface area (Å²) >= 11 is 6.29. The van der Waals surface area contributed by atoms with Crippen molar-refractivity contribution in [2.24, 2.45) is 5.92 Å². The number of hydrogen-bond donors (Lipinski definition) is 1. The molecule has 4 rings (SSSR count). The van der Waals surface area contributed by atoms with Crippen LogP contribution in [-0.4, -0.2) is 45.9 Å². The molecule has 33 heavy (non-hydrogen) atoms. The fraction of sp³-hybridized carbons (Fsp3) is 0.704. The Kier molecular flexibility index (Phi) is 7.69. The molecular formula is C27H40ClN3O2. The minimum absolute atomic E-state index is 0.0577. The number of anilines is 1. The molecule has 0 saturated carbocycles. The molecule has 1 aromatic rings. The highest BCUT2D eigenvalue weighted by Crippen LogP contribution is 2.48. The molecule has 6 heteroatoms. The van der Waals surface area contributed by atoms with E-state index in [0.717, 1.165) is 43.4 Å². The van der Waals surface area contributed by atoms with E-state index < -0.39 is 0 Å². The molecule has 3 heterocycles. The average Bonchev–Trinajstić information content (AvgIpc) is 3.06. The fourth-order valence-corrected chi connectivity index (χ4v) is 6.93. The van der Waals surface area contributed by atoms with Crippen molar-refractivity contribution in [3.05, 3.63) is 28.8 Å². The monoisotopic (exact) mass is 473 g/mol. The van der Waals surface area contributed by atoms with Crippen LogP contribution in [0.4, 0.5) is 5.69 Å². The standard InChI is InChI=1S/C27H40ClN3O2/c1-4-7-25(32)30-16-14-20(26(33)29-21-11-10-19(3)24(28)17-21)18-27(30,15-5-2)31-22-8-6-9-23(31)13-12-22/h10-11,17,20,22-23H,4-9,12-16,18H2,1-3H3,(H,29,33). The lowest BCUT2D eigenvalue weighted by molar-refractivity contribution is -0.171. The zero-order valence-corrected chi connectivity index (χ0v) is 21.3. The van der Waals surface area contributed by atoms with Crippen molar-refractivity contribution in [1.29, 1.82) is 0 Å². The van der Waals surface area contributed by atoms with Gasteiger partial charge in [-0.05, 0) is 76.0 Å². The van der Waals surface area contributed by atoms with Crippen molar-refractivity contribution < 1.29 is 9.59 Å². The van der Waals surface area contributed by atoms with Crippen LogP contribution in [0.25, 0.3) is 0 Å². The van der Waals surface area contributed by atoms with E-state index in [1.54, 1.807) is 0 Å². The number of hydrogen-bond acceptors (Lipinski definition) is 3. The van der Waals surface area contributed by atoms with Gasteiger partial charge in [0.15, 0.2) is 0 Å². The molecule has 0 aliphatic carbocycles. The van der Waals surface area contributed by atoms with Crippen LogP contribution in [0, 0.1) is 12.8 Å². The summed E-state index contributed by atoms with van der Waals surface area (Å²) in [5.41, 5.74) is 1.41. The maximum absolute atomic E-state index is 13.4. The van der Waals surface area contributed by atoms with Crippen molar-refractivity contribution in [2.75, 3.05) is 11.9 Å². The Balaban J connectivity index is 1.63. The van der Waals surface area contributed by atoms with Crippen LogP contribution < -0.4 is 5.32 Å². The predicted molar refractivity (Wildman–Crippen MR) is 134 cm³/mol. The van der Waals surface area contributed by atoms with Crippen molar-refractivity contribution in [2.45, 2.75) is 109 Å². The molecule has 4 atom stereocenters. The van der Waals surface area contributed by atoms with Gasteiger partial charge in [0.2, 0.25) is 11.8 Å². The molecule has 0 aromatic heterocycles. The Morgan fingerprint density at radius 1 is 1.09 bits per heavy atom. The summed E-state index contributed by atoms with van der Waals surface area (Å²) in [6.45, 7) is 6.93. The van der Waals surface area contributed by atoms with Crippen LogP contribution in [0.15, 0.2) is 18.2 Å². The van der Waals surface area contributed by atoms with Crippen molar-refractivity contribution >= 4 is 29.1 Å². The molecule has 2 bridgehead atoms. The third-order valence-corrected chi connectivity index (χ3v) is 8.58. The minimum Gasteiger partial charge on any atom is -0.326 e. The van der Waals surface area contributed by atoms with E-state index in [1.807, 2.05) is 25.1 Å². The molecule has 3 fully saturated rings. The van der Waals surface area contributed by atoms with Gasteiger partial charge in [-0.1, -0.05) is 44.4 Å². The second kappa shape index (κ2) is 10.4. The number of amides is 2. The first-order valence-corrected chi connectivity index (χ1v) is 13.4. The van der Waals surface area contributed by atoms with E-state index in [4.69, 9.17) is 11.6 Å². The van der Waals surface area contributed by atoms with Crippen LogP contribution in [0.1, 0.15) is 90.0 Å². The molecule has 182 valence electrons. The smallest absolute Gasteiger partial charge is 0.227 e. The zero-order chi connectivity index (χ0) is 23.6. The number of aryl methyl sites for hydroxylation is 1. The van der Waals surface area contributed by atoms with Gasteiger partial charge in [-0.3, -0.25) is 14.5 Å². The number of fused-ring (bicyclic) bond motifs is 2. The highest BCUT2D eigenvalue weighted by atomic mass is 35.5. The lowest BCUT2D eigenvalue weighted by Crippen LogP contribution is -2.69. The van der Waals surface area contributed by atoms with Gasteiger partial charge in [0.05, 0.1) is 5.66 Å². The van der Waals surface area contributed by atoms with Crippen molar-refractivity contribution in [3.8, 4) is 0 Å². The second-order valence-corrected chi connectivity index (χ2v) is 10.8. The normalized spacial score (nSPS) is 29.8. The van der Waals surface area contributed by atoms with Gasteiger partial charge in [0, 0.05) is 41.7 Å². The molecule has 5 nitrogen and oxygen atoms in total. The first-order chi connectivity index (χ1) is 15.9. The number of carbonyl (C=O) groups is 2. The van der Waals surface area contributed by atoms with Gasteiger partial charge in [-0.2, -0.15) is 0 Å². The number of rotatable bonds is 7. The number of carbonyl (C=O) groups excluding carboxylic acids is 2. The molecule has 1 N–H and O–H groups in total. The number of nitrogens with one attached hydrogen (secondary N) is 1. The maximum Gasteiger partial charge on any atom is 0.227 e. The van der Waals surface area contributed by atoms with Crippen molar-refractivity contribution in [1.82, 2.24) is 9.80 Å². The first kappa shape index (κ1) is 24.5. The lowest BCUT2D eigenvalue weighted by atomic mass is 9.79. The van der Waals surface area contributed by atoms with Gasteiger partial charge >= 0.3 is 0 Å². The third kappa shape index (κ3) is 4.81. The summed E-state index contributed by atoms with van der Waals surface area (Å²) in [7, 11) is 0. The van der Waals surface area contributed by atoms with E-state index in [0.29, 0.717) is 30.1 Å². The summed E-state index contributed by atoms with van der Waals surface area (Å²) < 4.78 is 0. The number of piperidine rings is 2. The van der Waals surface area contributed by atoms with E-state index in [1.165, 1.54) is 32.1 Å². The fourth-order valence-electron chi connectivity index (χ4n) is 6.75. The first-order valence-electron chi connectivity index (χ1n) is 13.1. The third-order valence-electron chi connectivity index (χ3n) is 8.18. The summed E-state index contributed by atoms with van der Waals surface area (Å²) in [6.07, 6.45) is 11.0. The summed E-state index contributed by atoms with van der Waals surface area (Å²) in [5.74, 6) is 0.214. The van der Waals surface area contributed by atoms with Crippen LogP contribution in [0.2, 0.25) is 5.02 Å². The van der Waals surface area contributed by atoms with Gasteiger partial charge in [-0.25, -0.2) is 0 Å². The molecular weight excluding hydrogens is 434 g/mol. The minimum atomic E-state index is -0.335. The maximum atomic E-state index is 13.4. The second-order valence-electron chi connectivity index (χ2n) is 10.4. The summed E-state index contributed by atoms with van der Waals surface area (Å²) in [4.78, 5) is 31.7. The molecule has 1 aromatic carbocycles. The Hall–Kier alpha value is -1.59. The van der Waals surface area contributed by atoms with E-state index in [9.17, 15) is 9.59 Å². The molecule has 4 unspecified atom stereocenters. The Morgan fingerprint density at radius 2 is 1.82 bits per heavy atom. The van der Waals surface area contributed by atoms with E-state index >= 15 is 0 Å². The summed E-state index contributed by atoms with van der Waals surface area (Å²) in [6, 6.07) is 6.79. The Labute approximate surface area is 204 Å². The quantitative estimate of drug-likeness (QED) is 0.517. The average molecular weight is 474 g/mol. The van der Waals surface area contributed by atoms with Crippen LogP contribution in [-0.2, 0) is 9.59 Å². The molecule has 3 aliphatic heterocycles. The number of likely N-dealkylation sites (tertiary alicyclic amines) is 1. The highest BCUT2D eigenvalue weighted by molar-refractivity contribution is 6.31. The topological polar surface area (TPSA) is 52.7 Å². The lowest BCUT2D eigenvalue weighted by Gasteiger charge is -2.58. The number of nitrogens with zero attached hydrogens (tertiary/aromatic N) is 2. The summed E-state index contributed by atoms with van der Waals surface area (Å²) in [5, 5.41) is 3.79. The highest BCUT2D eigenvalue weighted by Gasteiger charge is 2.55. The molecule has 3 saturated heterocycles. The Bertz CT molecular complexity index is 859. The Morgan fingerprint density at radius 3 is 2.45 bits per heavy atom. The molecule has 2 amide bonds. The SMILES string of the molecule is CCCC(=O)N1CCC(C(=O)Nc2ccc(C)c(Cl)c2)CC1(CCC)N1C2CCCC1CC2. The molecule has 3 aliphatic rings. The van der Waals surface area contributed by atoms with Gasteiger partial charge in [0.25, 0.3) is 0 Å². The van der Waals surface area contributed by atoms with Crippen LogP contribution >= 0.6 is 11.6 Å². The molecule has 0 radical (unpaired) electrons. The predicted octanol–water partition coefficient (Wildman–Crippen LogP) is 6.14. The van der Waals surface area contributed by atoms with Gasteiger partial charge in [0.1, 0.15) is 0 Å². The van der Waals surface area contributed by atoms with Gasteiger partial charge < -0.3 is 10.2 Å². The number of halogens is 1. The van der Waals surface area contributed by atoms with E-state index in [2.05, 4.69) is 29.0 Å².